The molecule has 176 valence electrons. The van der Waals surface area contributed by atoms with E-state index in [4.69, 9.17) is 4.42 Å². The van der Waals surface area contributed by atoms with Gasteiger partial charge in [-0.15, -0.1) is 10.2 Å². The van der Waals surface area contributed by atoms with Crippen LogP contribution >= 0.6 is 11.8 Å². The van der Waals surface area contributed by atoms with Gasteiger partial charge in [0.25, 0.3) is 0 Å². The Hall–Kier alpha value is -3.26. The molecule has 1 N–H and O–H groups in total. The first-order chi connectivity index (χ1) is 16.7. The summed E-state index contributed by atoms with van der Waals surface area (Å²) in [7, 11) is 0. The maximum Gasteiger partial charge on any atom is 0.230 e. The number of carbonyl (C=O) groups is 1. The van der Waals surface area contributed by atoms with Gasteiger partial charge in [0.2, 0.25) is 11.9 Å². The molecule has 2 aromatic heterocycles. The van der Waals surface area contributed by atoms with Crippen LogP contribution in [0.25, 0.3) is 10.8 Å². The lowest BCUT2D eigenvalue weighted by Gasteiger charge is -2.27. The SMILES string of the molecule is CC(NC(=O)CSc1nnc(N2CCCCC2)n1Cc1ccco1)c1cccc2ccccc12. The van der Waals surface area contributed by atoms with Gasteiger partial charge >= 0.3 is 0 Å². The third-order valence-electron chi connectivity index (χ3n) is 6.23. The number of hydrogen-bond acceptors (Lipinski definition) is 6. The standard InChI is InChI=1S/C26H29N5O2S/c1-19(22-13-7-10-20-9-3-4-12-23(20)22)27-24(32)18-34-26-29-28-25(30-14-5-2-6-15-30)31(26)17-21-11-8-16-33-21/h3-4,7-13,16,19H,2,5-6,14-15,17-18H2,1H3,(H,27,32). The monoisotopic (exact) mass is 475 g/mol. The molecule has 0 bridgehead atoms. The van der Waals surface area contributed by atoms with Crippen LogP contribution in [-0.2, 0) is 11.3 Å². The van der Waals surface area contributed by atoms with E-state index in [-0.39, 0.29) is 17.7 Å². The second-order valence-corrected chi connectivity index (χ2v) is 9.58. The van der Waals surface area contributed by atoms with Gasteiger partial charge in [0, 0.05) is 13.1 Å². The van der Waals surface area contributed by atoms with Crippen LogP contribution in [0.15, 0.2) is 70.4 Å². The van der Waals surface area contributed by atoms with Gasteiger partial charge in [-0.05, 0) is 54.7 Å². The highest BCUT2D eigenvalue weighted by atomic mass is 32.2. The predicted octanol–water partition coefficient (Wildman–Crippen LogP) is 5.03. The molecule has 2 aromatic carbocycles. The summed E-state index contributed by atoms with van der Waals surface area (Å²) in [6.45, 7) is 4.52. The summed E-state index contributed by atoms with van der Waals surface area (Å²) in [5.41, 5.74) is 1.12. The lowest BCUT2D eigenvalue weighted by atomic mass is 10.00. The number of hydrogen-bond donors (Lipinski definition) is 1. The van der Waals surface area contributed by atoms with E-state index in [1.165, 1.54) is 23.6 Å². The summed E-state index contributed by atoms with van der Waals surface area (Å²) >= 11 is 1.41. The first-order valence-electron chi connectivity index (χ1n) is 11.8. The average Bonchev–Trinajstić information content (AvgIpc) is 3.53. The lowest BCUT2D eigenvalue weighted by molar-refractivity contribution is -0.119. The number of benzene rings is 2. The third kappa shape index (κ3) is 4.97. The summed E-state index contributed by atoms with van der Waals surface area (Å²) in [6.07, 6.45) is 5.24. The van der Waals surface area contributed by atoms with Gasteiger partial charge < -0.3 is 14.6 Å². The van der Waals surface area contributed by atoms with Crippen molar-refractivity contribution < 1.29 is 9.21 Å². The molecule has 0 radical (unpaired) electrons. The molecule has 34 heavy (non-hydrogen) atoms. The second kappa shape index (κ2) is 10.3. The van der Waals surface area contributed by atoms with Crippen LogP contribution in [0.2, 0.25) is 0 Å². The minimum Gasteiger partial charge on any atom is -0.467 e. The molecule has 1 atom stereocenters. The van der Waals surface area contributed by atoms with Crippen LogP contribution in [0, 0.1) is 0 Å². The van der Waals surface area contributed by atoms with E-state index in [9.17, 15) is 4.79 Å². The zero-order valence-corrected chi connectivity index (χ0v) is 20.1. The number of furan rings is 1. The van der Waals surface area contributed by atoms with Gasteiger partial charge in [0.15, 0.2) is 5.16 Å². The van der Waals surface area contributed by atoms with Crippen molar-refractivity contribution in [2.45, 2.75) is 43.9 Å². The minimum absolute atomic E-state index is 0.0301. The van der Waals surface area contributed by atoms with Gasteiger partial charge in [-0.1, -0.05) is 54.2 Å². The van der Waals surface area contributed by atoms with Gasteiger partial charge in [-0.3, -0.25) is 9.36 Å². The fraction of sp³-hybridized carbons (Fsp3) is 0.346. The molecular weight excluding hydrogens is 446 g/mol. The Morgan fingerprint density at radius 3 is 2.71 bits per heavy atom. The quantitative estimate of drug-likeness (QED) is 0.360. The highest BCUT2D eigenvalue weighted by Crippen LogP contribution is 2.27. The van der Waals surface area contributed by atoms with Crippen LogP contribution in [0.3, 0.4) is 0 Å². The number of carbonyl (C=O) groups excluding carboxylic acids is 1. The number of thioether (sulfide) groups is 1. The lowest BCUT2D eigenvalue weighted by Crippen LogP contribution is -2.32. The van der Waals surface area contributed by atoms with E-state index in [1.54, 1.807) is 6.26 Å². The van der Waals surface area contributed by atoms with E-state index in [0.29, 0.717) is 6.54 Å². The Morgan fingerprint density at radius 2 is 1.88 bits per heavy atom. The smallest absolute Gasteiger partial charge is 0.230 e. The first kappa shape index (κ1) is 22.5. The van der Waals surface area contributed by atoms with E-state index >= 15 is 0 Å². The van der Waals surface area contributed by atoms with Crippen molar-refractivity contribution in [1.82, 2.24) is 20.1 Å². The fourth-order valence-corrected chi connectivity index (χ4v) is 5.28. The summed E-state index contributed by atoms with van der Waals surface area (Å²) in [5.74, 6) is 1.93. The molecule has 8 heteroatoms. The summed E-state index contributed by atoms with van der Waals surface area (Å²) in [6, 6.07) is 18.2. The van der Waals surface area contributed by atoms with Crippen molar-refractivity contribution in [2.75, 3.05) is 23.7 Å². The number of nitrogens with one attached hydrogen (secondary N) is 1. The van der Waals surface area contributed by atoms with Crippen LogP contribution < -0.4 is 10.2 Å². The molecule has 1 aliphatic rings. The molecule has 7 nitrogen and oxygen atoms in total. The topological polar surface area (TPSA) is 76.2 Å². The van der Waals surface area contributed by atoms with Gasteiger partial charge in [0.05, 0.1) is 24.6 Å². The van der Waals surface area contributed by atoms with Crippen molar-refractivity contribution in [3.8, 4) is 0 Å². The molecule has 0 spiro atoms. The van der Waals surface area contributed by atoms with Crippen LogP contribution in [0.4, 0.5) is 5.95 Å². The molecule has 1 unspecified atom stereocenters. The third-order valence-corrected chi connectivity index (χ3v) is 7.20. The number of rotatable bonds is 8. The Morgan fingerprint density at radius 1 is 1.06 bits per heavy atom. The van der Waals surface area contributed by atoms with E-state index in [0.717, 1.165) is 53.7 Å². The normalized spacial score (nSPS) is 14.9. The number of fused-ring (bicyclic) bond motifs is 1. The average molecular weight is 476 g/mol. The molecule has 3 heterocycles. The molecular formula is C26H29N5O2S. The van der Waals surface area contributed by atoms with Crippen molar-refractivity contribution in [3.05, 3.63) is 72.2 Å². The Balaban J connectivity index is 1.28. The predicted molar refractivity (Wildman–Crippen MR) is 135 cm³/mol. The van der Waals surface area contributed by atoms with Crippen molar-refractivity contribution in [2.24, 2.45) is 0 Å². The molecule has 5 rings (SSSR count). The van der Waals surface area contributed by atoms with E-state index in [1.807, 2.05) is 37.3 Å². The molecule has 1 fully saturated rings. The second-order valence-electron chi connectivity index (χ2n) is 8.64. The largest absolute Gasteiger partial charge is 0.467 e. The van der Waals surface area contributed by atoms with Gasteiger partial charge in [-0.2, -0.15) is 0 Å². The maximum atomic E-state index is 12.9. The molecule has 1 aliphatic heterocycles. The first-order valence-corrected chi connectivity index (χ1v) is 12.8. The highest BCUT2D eigenvalue weighted by Gasteiger charge is 2.22. The zero-order chi connectivity index (χ0) is 23.3. The number of amides is 1. The minimum atomic E-state index is -0.0934. The molecule has 4 aromatic rings. The van der Waals surface area contributed by atoms with Crippen molar-refractivity contribution in [1.29, 1.82) is 0 Å². The van der Waals surface area contributed by atoms with Crippen LogP contribution in [0.5, 0.6) is 0 Å². The fourth-order valence-electron chi connectivity index (χ4n) is 4.53. The summed E-state index contributed by atoms with van der Waals surface area (Å²) < 4.78 is 7.65. The number of nitrogens with zero attached hydrogens (tertiary/aromatic N) is 4. The molecule has 1 amide bonds. The molecule has 0 aliphatic carbocycles. The highest BCUT2D eigenvalue weighted by molar-refractivity contribution is 7.99. The zero-order valence-electron chi connectivity index (χ0n) is 19.3. The van der Waals surface area contributed by atoms with E-state index < -0.39 is 0 Å². The summed E-state index contributed by atoms with van der Waals surface area (Å²) in [4.78, 5) is 15.1. The Labute approximate surface area is 203 Å². The van der Waals surface area contributed by atoms with Crippen molar-refractivity contribution in [3.63, 3.8) is 0 Å². The van der Waals surface area contributed by atoms with Crippen molar-refractivity contribution >= 4 is 34.4 Å². The maximum absolute atomic E-state index is 12.9. The number of aromatic nitrogens is 3. The molecule has 0 saturated carbocycles. The molecule has 1 saturated heterocycles. The Bertz CT molecular complexity index is 1240. The van der Waals surface area contributed by atoms with Crippen LogP contribution in [0.1, 0.15) is 43.6 Å². The Kier molecular flexibility index (Phi) is 6.85. The van der Waals surface area contributed by atoms with Gasteiger partial charge in [0.1, 0.15) is 5.76 Å². The van der Waals surface area contributed by atoms with Gasteiger partial charge in [-0.25, -0.2) is 0 Å². The number of piperidine rings is 1. The number of anilines is 1. The van der Waals surface area contributed by atoms with E-state index in [2.05, 4.69) is 49.2 Å². The van der Waals surface area contributed by atoms with Crippen LogP contribution in [-0.4, -0.2) is 39.5 Å². The summed E-state index contributed by atoms with van der Waals surface area (Å²) in [5, 5.41) is 15.1.